The number of carboxylic acid groups (broad SMARTS) is 1. The number of benzene rings is 1. The largest absolute Gasteiger partial charge is 0.478 e. The summed E-state index contributed by atoms with van der Waals surface area (Å²) in [5.74, 6) is -1.21. The fourth-order valence-corrected chi connectivity index (χ4v) is 3.12. The maximum atomic E-state index is 12.1. The lowest BCUT2D eigenvalue weighted by Gasteiger charge is -2.09. The van der Waals surface area contributed by atoms with Crippen LogP contribution in [0, 0.1) is 0 Å². The highest BCUT2D eigenvalue weighted by molar-refractivity contribution is 7.89. The Kier molecular flexibility index (Phi) is 4.36. The predicted octanol–water partition coefficient (Wildman–Crippen LogP) is 1.86. The number of halogens is 1. The summed E-state index contributed by atoms with van der Waals surface area (Å²) in [5.41, 5.74) is 0.657. The molecule has 0 saturated heterocycles. The Balaban J connectivity index is 2.22. The van der Waals surface area contributed by atoms with Crippen LogP contribution in [0.1, 0.15) is 16.1 Å². The second-order valence-electron chi connectivity index (χ2n) is 4.38. The number of aromatic carboxylic acids is 1. The molecule has 0 aliphatic rings. The molecular weight excluding hydrogens is 316 g/mol. The van der Waals surface area contributed by atoms with Crippen molar-refractivity contribution in [3.63, 3.8) is 0 Å². The number of carboxylic acids is 1. The van der Waals surface area contributed by atoms with E-state index in [-0.39, 0.29) is 22.0 Å². The van der Waals surface area contributed by atoms with Crippen LogP contribution in [0.2, 0.25) is 5.02 Å². The number of nitrogens with one attached hydrogen (secondary N) is 1. The zero-order chi connectivity index (χ0) is 15.6. The fraction of sp³-hybridized carbons (Fsp3) is 0.154. The second-order valence-corrected chi connectivity index (χ2v) is 6.56. The molecule has 1 aromatic heterocycles. The third-order valence-corrected chi connectivity index (χ3v) is 4.69. The highest BCUT2D eigenvalue weighted by Gasteiger charge is 2.17. The van der Waals surface area contributed by atoms with Crippen molar-refractivity contribution in [3.8, 4) is 0 Å². The van der Waals surface area contributed by atoms with E-state index < -0.39 is 16.0 Å². The molecule has 0 saturated carbocycles. The Bertz CT molecular complexity index is 783. The molecule has 1 heterocycles. The number of sulfonamides is 1. The molecule has 112 valence electrons. The standard InChI is InChI=1S/C13H13ClN2O4S/c1-16-6-2-3-9(16)8-15-21(19,20)10-4-5-11(13(17)18)12(14)7-10/h2-7,15H,8H2,1H3,(H,17,18). The Morgan fingerprint density at radius 1 is 1.38 bits per heavy atom. The van der Waals surface area contributed by atoms with Gasteiger partial charge in [-0.25, -0.2) is 17.9 Å². The summed E-state index contributed by atoms with van der Waals surface area (Å²) in [6.07, 6.45) is 1.81. The summed E-state index contributed by atoms with van der Waals surface area (Å²) in [6, 6.07) is 7.11. The van der Waals surface area contributed by atoms with Crippen LogP contribution in [0.3, 0.4) is 0 Å². The van der Waals surface area contributed by atoms with Crippen molar-refractivity contribution in [2.45, 2.75) is 11.4 Å². The summed E-state index contributed by atoms with van der Waals surface area (Å²) in [7, 11) is -1.95. The normalized spacial score (nSPS) is 11.5. The van der Waals surface area contributed by atoms with Gasteiger partial charge in [-0.15, -0.1) is 0 Å². The van der Waals surface area contributed by atoms with Crippen LogP contribution in [0.4, 0.5) is 0 Å². The third kappa shape index (κ3) is 3.44. The summed E-state index contributed by atoms with van der Waals surface area (Å²) >= 11 is 5.78. The van der Waals surface area contributed by atoms with Gasteiger partial charge in [-0.05, 0) is 30.3 Å². The fourth-order valence-electron chi connectivity index (χ4n) is 1.77. The average Bonchev–Trinajstić information content (AvgIpc) is 2.81. The predicted molar refractivity (Wildman–Crippen MR) is 77.8 cm³/mol. The molecule has 0 spiro atoms. The van der Waals surface area contributed by atoms with Crippen LogP contribution in [-0.4, -0.2) is 24.1 Å². The zero-order valence-corrected chi connectivity index (χ0v) is 12.6. The van der Waals surface area contributed by atoms with Crippen molar-refractivity contribution in [1.29, 1.82) is 0 Å². The van der Waals surface area contributed by atoms with Crippen LogP contribution in [0.5, 0.6) is 0 Å². The van der Waals surface area contributed by atoms with Crippen molar-refractivity contribution in [2.24, 2.45) is 7.05 Å². The van der Waals surface area contributed by atoms with Gasteiger partial charge in [0.1, 0.15) is 0 Å². The van der Waals surface area contributed by atoms with E-state index >= 15 is 0 Å². The smallest absolute Gasteiger partial charge is 0.337 e. The highest BCUT2D eigenvalue weighted by Crippen LogP contribution is 2.21. The van der Waals surface area contributed by atoms with Crippen molar-refractivity contribution >= 4 is 27.6 Å². The van der Waals surface area contributed by atoms with E-state index in [0.29, 0.717) is 0 Å². The van der Waals surface area contributed by atoms with Crippen molar-refractivity contribution in [1.82, 2.24) is 9.29 Å². The quantitative estimate of drug-likeness (QED) is 0.876. The van der Waals surface area contributed by atoms with E-state index in [4.69, 9.17) is 16.7 Å². The molecule has 0 atom stereocenters. The van der Waals surface area contributed by atoms with Gasteiger partial charge in [0.05, 0.1) is 22.0 Å². The molecule has 0 aliphatic carbocycles. The van der Waals surface area contributed by atoms with Crippen molar-refractivity contribution in [2.75, 3.05) is 0 Å². The van der Waals surface area contributed by atoms with E-state index in [1.54, 1.807) is 10.6 Å². The number of hydrogen-bond acceptors (Lipinski definition) is 3. The van der Waals surface area contributed by atoms with Gasteiger partial charge >= 0.3 is 5.97 Å². The summed E-state index contributed by atoms with van der Waals surface area (Å²) < 4.78 is 28.5. The van der Waals surface area contributed by atoms with E-state index in [1.165, 1.54) is 12.1 Å². The summed E-state index contributed by atoms with van der Waals surface area (Å²) in [4.78, 5) is 10.8. The molecule has 0 fully saturated rings. The zero-order valence-electron chi connectivity index (χ0n) is 11.1. The minimum Gasteiger partial charge on any atom is -0.478 e. The molecule has 21 heavy (non-hydrogen) atoms. The van der Waals surface area contributed by atoms with Gasteiger partial charge in [0.15, 0.2) is 0 Å². The van der Waals surface area contributed by atoms with Crippen LogP contribution in [-0.2, 0) is 23.6 Å². The molecule has 0 aliphatic heterocycles. The topological polar surface area (TPSA) is 88.4 Å². The number of hydrogen-bond donors (Lipinski definition) is 2. The van der Waals surface area contributed by atoms with Crippen LogP contribution in [0.15, 0.2) is 41.4 Å². The van der Waals surface area contributed by atoms with E-state index in [2.05, 4.69) is 4.72 Å². The Morgan fingerprint density at radius 3 is 2.62 bits per heavy atom. The van der Waals surface area contributed by atoms with Gasteiger partial charge in [-0.3, -0.25) is 0 Å². The molecule has 0 unspecified atom stereocenters. The molecule has 0 amide bonds. The number of aromatic nitrogens is 1. The molecule has 0 radical (unpaired) electrons. The summed E-state index contributed by atoms with van der Waals surface area (Å²) in [6.45, 7) is 0.129. The lowest BCUT2D eigenvalue weighted by Crippen LogP contribution is -2.24. The first-order valence-corrected chi connectivity index (χ1v) is 7.80. The van der Waals surface area contributed by atoms with E-state index in [0.717, 1.165) is 11.8 Å². The SMILES string of the molecule is Cn1cccc1CNS(=O)(=O)c1ccc(C(=O)O)c(Cl)c1. The first-order chi connectivity index (χ1) is 9.81. The van der Waals surface area contributed by atoms with Gasteiger partial charge < -0.3 is 9.67 Å². The number of rotatable bonds is 5. The molecule has 6 nitrogen and oxygen atoms in total. The first kappa shape index (κ1) is 15.6. The molecule has 1 aromatic carbocycles. The monoisotopic (exact) mass is 328 g/mol. The molecular formula is C13H13ClN2O4S. The minimum absolute atomic E-state index is 0.0771. The lowest BCUT2D eigenvalue weighted by atomic mass is 10.2. The third-order valence-electron chi connectivity index (χ3n) is 2.98. The molecule has 2 aromatic rings. The van der Waals surface area contributed by atoms with Gasteiger partial charge in [0, 0.05) is 18.9 Å². The van der Waals surface area contributed by atoms with Gasteiger partial charge in [-0.1, -0.05) is 11.6 Å². The summed E-state index contributed by atoms with van der Waals surface area (Å²) in [5, 5.41) is 8.74. The van der Waals surface area contributed by atoms with Crippen molar-refractivity contribution in [3.05, 3.63) is 52.8 Å². The van der Waals surface area contributed by atoms with Gasteiger partial charge in [-0.2, -0.15) is 0 Å². The number of aryl methyl sites for hydroxylation is 1. The van der Waals surface area contributed by atoms with E-state index in [9.17, 15) is 13.2 Å². The molecule has 2 N–H and O–H groups in total. The average molecular weight is 329 g/mol. The lowest BCUT2D eigenvalue weighted by molar-refractivity contribution is 0.0697. The van der Waals surface area contributed by atoms with Crippen molar-refractivity contribution < 1.29 is 18.3 Å². The van der Waals surface area contributed by atoms with Crippen LogP contribution < -0.4 is 4.72 Å². The maximum Gasteiger partial charge on any atom is 0.337 e. The molecule has 0 bridgehead atoms. The van der Waals surface area contributed by atoms with Crippen LogP contribution in [0.25, 0.3) is 0 Å². The van der Waals surface area contributed by atoms with E-state index in [1.807, 2.05) is 19.3 Å². The van der Waals surface area contributed by atoms with Crippen LogP contribution >= 0.6 is 11.6 Å². The Morgan fingerprint density at radius 2 is 2.10 bits per heavy atom. The first-order valence-electron chi connectivity index (χ1n) is 5.94. The molecule has 2 rings (SSSR count). The minimum atomic E-state index is -3.76. The molecule has 8 heteroatoms. The second kappa shape index (κ2) is 5.88. The number of carbonyl (C=O) groups is 1. The van der Waals surface area contributed by atoms with Gasteiger partial charge in [0.2, 0.25) is 10.0 Å². The highest BCUT2D eigenvalue weighted by atomic mass is 35.5. The number of nitrogens with zero attached hydrogens (tertiary/aromatic N) is 1. The Labute approximate surface area is 127 Å². The maximum absolute atomic E-state index is 12.1. The Hall–Kier alpha value is -1.83. The van der Waals surface area contributed by atoms with Gasteiger partial charge in [0.25, 0.3) is 0 Å².